The van der Waals surface area contributed by atoms with Crippen LogP contribution in [-0.2, 0) is 20.0 Å². The normalized spacial score (nSPS) is 10.0. The van der Waals surface area contributed by atoms with E-state index in [0.29, 0.717) is 18.8 Å². The highest BCUT2D eigenvalue weighted by Crippen LogP contribution is 2.14. The van der Waals surface area contributed by atoms with Gasteiger partial charge in [-0.3, -0.25) is 9.48 Å². The predicted molar refractivity (Wildman–Crippen MR) is 84.0 cm³/mol. The maximum absolute atomic E-state index is 12.1. The Morgan fingerprint density at radius 3 is 3.00 bits per heavy atom. The van der Waals surface area contributed by atoms with Crippen molar-refractivity contribution in [3.8, 4) is 11.8 Å². The summed E-state index contributed by atoms with van der Waals surface area (Å²) < 4.78 is 1.61. The average Bonchev–Trinajstić information content (AvgIpc) is 3.09. The van der Waals surface area contributed by atoms with E-state index >= 15 is 0 Å². The second kappa shape index (κ2) is 7.07. The summed E-state index contributed by atoms with van der Waals surface area (Å²) in [5.74, 6) is 5.67. The molecule has 21 heavy (non-hydrogen) atoms. The standard InChI is InChI=1S/C15H18N4OS/c1-3-12-8-14(19(2)18-12)15(20)17-9-13-7-11(10-21-13)5-4-6-16/h7-8,10H,3,6,9,16H2,1-2H3,(H,17,20). The van der Waals surface area contributed by atoms with Crippen molar-refractivity contribution in [2.24, 2.45) is 12.8 Å². The van der Waals surface area contributed by atoms with Crippen molar-refractivity contribution < 1.29 is 4.79 Å². The molecule has 0 aliphatic carbocycles. The van der Waals surface area contributed by atoms with E-state index in [9.17, 15) is 4.79 Å². The molecule has 110 valence electrons. The van der Waals surface area contributed by atoms with Crippen LogP contribution in [-0.4, -0.2) is 22.2 Å². The number of nitrogens with two attached hydrogens (primary N) is 1. The van der Waals surface area contributed by atoms with Gasteiger partial charge in [0.25, 0.3) is 5.91 Å². The van der Waals surface area contributed by atoms with Crippen molar-refractivity contribution in [1.82, 2.24) is 15.1 Å². The van der Waals surface area contributed by atoms with Crippen LogP contribution in [0.2, 0.25) is 0 Å². The van der Waals surface area contributed by atoms with E-state index in [2.05, 4.69) is 22.3 Å². The fourth-order valence-electron chi connectivity index (χ4n) is 1.86. The number of thiophene rings is 1. The molecule has 0 spiro atoms. The van der Waals surface area contributed by atoms with Crippen molar-refractivity contribution >= 4 is 17.2 Å². The Hall–Kier alpha value is -2.10. The third-order valence-corrected chi connectivity index (χ3v) is 3.87. The molecule has 2 rings (SSSR count). The first-order valence-corrected chi connectivity index (χ1v) is 7.59. The van der Waals surface area contributed by atoms with Crippen LogP contribution in [0.1, 0.15) is 33.5 Å². The van der Waals surface area contributed by atoms with Gasteiger partial charge in [0.15, 0.2) is 0 Å². The SMILES string of the molecule is CCc1cc(C(=O)NCc2cc(C#CCN)cs2)n(C)n1. The Morgan fingerprint density at radius 2 is 2.33 bits per heavy atom. The number of aryl methyl sites for hydroxylation is 2. The number of amides is 1. The van der Waals surface area contributed by atoms with E-state index in [1.807, 2.05) is 24.4 Å². The first kappa shape index (κ1) is 15.3. The molecule has 2 aromatic rings. The fourth-order valence-corrected chi connectivity index (χ4v) is 2.62. The molecule has 0 unspecified atom stereocenters. The lowest BCUT2D eigenvalue weighted by molar-refractivity contribution is 0.0942. The molecule has 5 nitrogen and oxygen atoms in total. The number of hydrogen-bond donors (Lipinski definition) is 2. The van der Waals surface area contributed by atoms with Crippen LogP contribution < -0.4 is 11.1 Å². The molecule has 2 heterocycles. The lowest BCUT2D eigenvalue weighted by atomic mass is 10.3. The van der Waals surface area contributed by atoms with Crippen molar-refractivity contribution in [2.45, 2.75) is 19.9 Å². The summed E-state index contributed by atoms with van der Waals surface area (Å²) in [6.07, 6.45) is 0.815. The molecule has 2 aromatic heterocycles. The number of rotatable bonds is 4. The minimum atomic E-state index is -0.118. The quantitative estimate of drug-likeness (QED) is 0.836. The summed E-state index contributed by atoms with van der Waals surface area (Å²) in [4.78, 5) is 13.2. The van der Waals surface area contributed by atoms with Crippen molar-refractivity contribution in [3.63, 3.8) is 0 Å². The van der Waals surface area contributed by atoms with E-state index < -0.39 is 0 Å². The minimum absolute atomic E-state index is 0.118. The van der Waals surface area contributed by atoms with Gasteiger partial charge in [-0.15, -0.1) is 11.3 Å². The van der Waals surface area contributed by atoms with Crippen molar-refractivity contribution in [1.29, 1.82) is 0 Å². The van der Waals surface area contributed by atoms with Crippen LogP contribution in [0.3, 0.4) is 0 Å². The summed E-state index contributed by atoms with van der Waals surface area (Å²) in [6, 6.07) is 3.79. The number of carbonyl (C=O) groups is 1. The van der Waals surface area contributed by atoms with Gasteiger partial charge in [-0.25, -0.2) is 0 Å². The van der Waals surface area contributed by atoms with E-state index in [-0.39, 0.29) is 5.91 Å². The largest absolute Gasteiger partial charge is 0.346 e. The number of aromatic nitrogens is 2. The van der Waals surface area contributed by atoms with Gasteiger partial charge in [0.05, 0.1) is 18.8 Å². The Kier molecular flexibility index (Phi) is 5.14. The molecule has 0 aromatic carbocycles. The number of hydrogen-bond acceptors (Lipinski definition) is 4. The maximum Gasteiger partial charge on any atom is 0.269 e. The topological polar surface area (TPSA) is 72.9 Å². The smallest absolute Gasteiger partial charge is 0.269 e. The van der Waals surface area contributed by atoms with Crippen LogP contribution in [0.25, 0.3) is 0 Å². The zero-order chi connectivity index (χ0) is 15.2. The zero-order valence-electron chi connectivity index (χ0n) is 12.1. The maximum atomic E-state index is 12.1. The second-order valence-electron chi connectivity index (χ2n) is 4.49. The summed E-state index contributed by atoms with van der Waals surface area (Å²) in [7, 11) is 1.78. The van der Waals surface area contributed by atoms with Gasteiger partial charge in [0.2, 0.25) is 0 Å². The zero-order valence-corrected chi connectivity index (χ0v) is 13.0. The highest BCUT2D eigenvalue weighted by molar-refractivity contribution is 7.10. The number of nitrogens with zero attached hydrogens (tertiary/aromatic N) is 2. The van der Waals surface area contributed by atoms with E-state index in [0.717, 1.165) is 22.6 Å². The molecular formula is C15H18N4OS. The van der Waals surface area contributed by atoms with Gasteiger partial charge < -0.3 is 11.1 Å². The highest BCUT2D eigenvalue weighted by atomic mass is 32.1. The molecule has 3 N–H and O–H groups in total. The average molecular weight is 302 g/mol. The Labute approximate surface area is 128 Å². The van der Waals surface area contributed by atoms with Gasteiger partial charge in [-0.1, -0.05) is 18.8 Å². The third kappa shape index (κ3) is 3.94. The van der Waals surface area contributed by atoms with Gasteiger partial charge in [-0.2, -0.15) is 5.10 Å². The molecule has 0 saturated carbocycles. The molecule has 0 bridgehead atoms. The van der Waals surface area contributed by atoms with Gasteiger partial charge >= 0.3 is 0 Å². The Balaban J connectivity index is 1.97. The molecule has 0 radical (unpaired) electrons. The van der Waals surface area contributed by atoms with Gasteiger partial charge in [0.1, 0.15) is 5.69 Å². The summed E-state index contributed by atoms with van der Waals surface area (Å²) >= 11 is 1.57. The van der Waals surface area contributed by atoms with Crippen LogP contribution >= 0.6 is 11.3 Å². The summed E-state index contributed by atoms with van der Waals surface area (Å²) in [5, 5.41) is 9.13. The van der Waals surface area contributed by atoms with Gasteiger partial charge in [-0.05, 0) is 18.6 Å². The van der Waals surface area contributed by atoms with E-state index in [1.54, 1.807) is 23.1 Å². The first-order valence-electron chi connectivity index (χ1n) is 6.71. The molecule has 1 amide bonds. The van der Waals surface area contributed by atoms with E-state index in [4.69, 9.17) is 5.73 Å². The third-order valence-electron chi connectivity index (χ3n) is 2.94. The molecule has 0 fully saturated rings. The van der Waals surface area contributed by atoms with Crippen molar-refractivity contribution in [2.75, 3.05) is 6.54 Å². The Morgan fingerprint density at radius 1 is 1.52 bits per heavy atom. The fraction of sp³-hybridized carbons (Fsp3) is 0.333. The molecule has 6 heteroatoms. The predicted octanol–water partition coefficient (Wildman–Crippen LogP) is 1.28. The lowest BCUT2D eigenvalue weighted by Gasteiger charge is -2.03. The number of nitrogens with one attached hydrogen (secondary N) is 1. The van der Waals surface area contributed by atoms with Crippen LogP contribution in [0, 0.1) is 11.8 Å². The highest BCUT2D eigenvalue weighted by Gasteiger charge is 2.12. The number of carbonyl (C=O) groups excluding carboxylic acids is 1. The Bertz CT molecular complexity index is 690. The molecule has 0 aliphatic heterocycles. The summed E-state index contributed by atoms with van der Waals surface area (Å²) in [5.41, 5.74) is 7.76. The van der Waals surface area contributed by atoms with Crippen LogP contribution in [0.4, 0.5) is 0 Å². The minimum Gasteiger partial charge on any atom is -0.346 e. The lowest BCUT2D eigenvalue weighted by Crippen LogP contribution is -2.24. The summed E-state index contributed by atoms with van der Waals surface area (Å²) in [6.45, 7) is 2.85. The monoisotopic (exact) mass is 302 g/mol. The molecule has 0 atom stereocenters. The second-order valence-corrected chi connectivity index (χ2v) is 5.48. The molecular weight excluding hydrogens is 284 g/mol. The van der Waals surface area contributed by atoms with Crippen LogP contribution in [0.15, 0.2) is 17.5 Å². The van der Waals surface area contributed by atoms with Crippen LogP contribution in [0.5, 0.6) is 0 Å². The molecule has 0 saturated heterocycles. The van der Waals surface area contributed by atoms with E-state index in [1.165, 1.54) is 0 Å². The first-order chi connectivity index (χ1) is 10.1. The molecule has 0 aliphatic rings. The van der Waals surface area contributed by atoms with Crippen molar-refractivity contribution in [3.05, 3.63) is 39.3 Å². The van der Waals surface area contributed by atoms with Gasteiger partial charge in [0, 0.05) is 22.9 Å².